The van der Waals surface area contributed by atoms with Crippen molar-refractivity contribution in [1.82, 2.24) is 4.90 Å². The maximum absolute atomic E-state index is 5.48. The Balaban J connectivity index is 1.46. The molecule has 0 amide bonds. The zero-order chi connectivity index (χ0) is 16.8. The molecule has 0 aliphatic carbocycles. The van der Waals surface area contributed by atoms with E-state index in [1.165, 1.54) is 14.9 Å². The number of rotatable bonds is 6. The van der Waals surface area contributed by atoms with Crippen molar-refractivity contribution >= 4 is 34.0 Å². The second-order valence-corrected chi connectivity index (χ2v) is 7.07. The molecular weight excluding hydrogens is 413 g/mol. The minimum absolute atomic E-state index is 0.964. The first kappa shape index (κ1) is 17.4. The molecule has 1 fully saturated rings. The molecule has 1 N–H and O–H groups in total. The largest absolute Gasteiger partial charge is 0.495 e. The van der Waals surface area contributed by atoms with E-state index in [9.17, 15) is 0 Å². The second kappa shape index (κ2) is 8.58. The number of para-hydroxylation sites is 3. The van der Waals surface area contributed by atoms with E-state index in [2.05, 4.69) is 74.1 Å². The van der Waals surface area contributed by atoms with Crippen LogP contribution >= 0.6 is 22.6 Å². The van der Waals surface area contributed by atoms with E-state index in [-0.39, 0.29) is 0 Å². The van der Waals surface area contributed by atoms with Gasteiger partial charge in [0.05, 0.1) is 12.8 Å². The van der Waals surface area contributed by atoms with Gasteiger partial charge in [0.15, 0.2) is 0 Å². The number of methoxy groups -OCH3 is 1. The molecule has 0 saturated carbocycles. The summed E-state index contributed by atoms with van der Waals surface area (Å²) in [5, 5.41) is 3.54. The first-order valence-corrected chi connectivity index (χ1v) is 9.44. The first-order chi connectivity index (χ1) is 11.8. The molecule has 0 unspecified atom stereocenters. The van der Waals surface area contributed by atoms with Crippen molar-refractivity contribution in [2.75, 3.05) is 56.6 Å². The summed E-state index contributed by atoms with van der Waals surface area (Å²) in [7, 11) is 1.74. The Morgan fingerprint density at radius 3 is 2.46 bits per heavy atom. The van der Waals surface area contributed by atoms with Gasteiger partial charge in [0.2, 0.25) is 0 Å². The van der Waals surface area contributed by atoms with Gasteiger partial charge in [-0.15, -0.1) is 0 Å². The Morgan fingerprint density at radius 1 is 1.00 bits per heavy atom. The highest BCUT2D eigenvalue weighted by Gasteiger charge is 2.19. The van der Waals surface area contributed by atoms with Crippen molar-refractivity contribution in [3.63, 3.8) is 0 Å². The summed E-state index contributed by atoms with van der Waals surface area (Å²) in [5.74, 6) is 0.964. The molecule has 0 aromatic heterocycles. The number of nitrogens with one attached hydrogen (secondary N) is 1. The first-order valence-electron chi connectivity index (χ1n) is 8.36. The molecule has 1 heterocycles. The van der Waals surface area contributed by atoms with Crippen LogP contribution in [0.3, 0.4) is 0 Å². The SMILES string of the molecule is COc1ccccc1N1CCN(CCNc2ccccc2I)CC1. The van der Waals surface area contributed by atoms with Crippen molar-refractivity contribution in [1.29, 1.82) is 0 Å². The van der Waals surface area contributed by atoms with E-state index in [4.69, 9.17) is 4.74 Å². The van der Waals surface area contributed by atoms with Gasteiger partial charge in [0.1, 0.15) is 5.75 Å². The molecule has 0 radical (unpaired) electrons. The van der Waals surface area contributed by atoms with E-state index in [0.717, 1.165) is 45.0 Å². The van der Waals surface area contributed by atoms with Crippen LogP contribution in [0.5, 0.6) is 5.75 Å². The number of halogens is 1. The predicted molar refractivity (Wildman–Crippen MR) is 109 cm³/mol. The molecule has 3 rings (SSSR count). The summed E-state index contributed by atoms with van der Waals surface area (Å²) in [6.45, 7) is 6.32. The molecule has 4 nitrogen and oxygen atoms in total. The van der Waals surface area contributed by atoms with Crippen LogP contribution in [-0.2, 0) is 0 Å². The van der Waals surface area contributed by atoms with Gasteiger partial charge in [-0.05, 0) is 46.9 Å². The number of nitrogens with zero attached hydrogens (tertiary/aromatic N) is 2. The normalized spacial score (nSPS) is 15.3. The van der Waals surface area contributed by atoms with Gasteiger partial charge in [0, 0.05) is 48.5 Å². The number of anilines is 2. The second-order valence-electron chi connectivity index (χ2n) is 5.91. The number of hydrogen-bond donors (Lipinski definition) is 1. The fraction of sp³-hybridized carbons (Fsp3) is 0.368. The number of benzene rings is 2. The molecular formula is C19H24IN3O. The third-order valence-corrected chi connectivity index (χ3v) is 5.36. The molecule has 128 valence electrons. The summed E-state index contributed by atoms with van der Waals surface area (Å²) >= 11 is 2.38. The lowest BCUT2D eigenvalue weighted by Gasteiger charge is -2.36. The number of ether oxygens (including phenoxy) is 1. The number of hydrogen-bond acceptors (Lipinski definition) is 4. The van der Waals surface area contributed by atoms with Gasteiger partial charge in [0.25, 0.3) is 0 Å². The highest BCUT2D eigenvalue weighted by molar-refractivity contribution is 14.1. The van der Waals surface area contributed by atoms with Gasteiger partial charge in [-0.3, -0.25) is 4.90 Å². The average Bonchev–Trinajstić information content (AvgIpc) is 2.64. The summed E-state index contributed by atoms with van der Waals surface area (Å²) in [6.07, 6.45) is 0. The minimum Gasteiger partial charge on any atom is -0.495 e. The smallest absolute Gasteiger partial charge is 0.142 e. The summed E-state index contributed by atoms with van der Waals surface area (Å²) < 4.78 is 6.76. The van der Waals surface area contributed by atoms with Crippen molar-refractivity contribution in [2.45, 2.75) is 0 Å². The Hall–Kier alpha value is -1.47. The summed E-state index contributed by atoms with van der Waals surface area (Å²) in [5.41, 5.74) is 2.43. The summed E-state index contributed by atoms with van der Waals surface area (Å²) in [6, 6.07) is 16.7. The van der Waals surface area contributed by atoms with Crippen LogP contribution in [0.4, 0.5) is 11.4 Å². The molecule has 2 aromatic carbocycles. The van der Waals surface area contributed by atoms with Gasteiger partial charge in [-0.1, -0.05) is 24.3 Å². The zero-order valence-electron chi connectivity index (χ0n) is 14.0. The van der Waals surface area contributed by atoms with Gasteiger partial charge >= 0.3 is 0 Å². The number of piperazine rings is 1. The topological polar surface area (TPSA) is 27.7 Å². The minimum atomic E-state index is 0.964. The van der Waals surface area contributed by atoms with Crippen LogP contribution in [0.2, 0.25) is 0 Å². The Morgan fingerprint density at radius 2 is 1.71 bits per heavy atom. The highest BCUT2D eigenvalue weighted by Crippen LogP contribution is 2.28. The lowest BCUT2D eigenvalue weighted by Crippen LogP contribution is -2.47. The highest BCUT2D eigenvalue weighted by atomic mass is 127. The van der Waals surface area contributed by atoms with E-state index >= 15 is 0 Å². The fourth-order valence-corrected chi connectivity index (χ4v) is 3.63. The fourth-order valence-electron chi connectivity index (χ4n) is 3.06. The average molecular weight is 437 g/mol. The molecule has 1 aliphatic heterocycles. The Bertz CT molecular complexity index is 657. The van der Waals surface area contributed by atoms with Crippen molar-refractivity contribution in [3.05, 3.63) is 52.1 Å². The standard InChI is InChI=1S/C19H24IN3O/c1-24-19-9-5-4-8-18(19)23-14-12-22(13-15-23)11-10-21-17-7-3-2-6-16(17)20/h2-9,21H,10-15H2,1H3. The van der Waals surface area contributed by atoms with Gasteiger partial charge < -0.3 is 15.0 Å². The maximum atomic E-state index is 5.48. The van der Waals surface area contributed by atoms with Gasteiger partial charge in [-0.25, -0.2) is 0 Å². The molecule has 0 bridgehead atoms. The lowest BCUT2D eigenvalue weighted by molar-refractivity contribution is 0.266. The van der Waals surface area contributed by atoms with Crippen molar-refractivity contribution < 1.29 is 4.74 Å². The molecule has 24 heavy (non-hydrogen) atoms. The van der Waals surface area contributed by atoms with Crippen LogP contribution < -0.4 is 15.0 Å². The molecule has 1 aliphatic rings. The van der Waals surface area contributed by atoms with Crippen LogP contribution in [0.25, 0.3) is 0 Å². The Labute approximate surface area is 157 Å². The third-order valence-electron chi connectivity index (χ3n) is 4.42. The lowest BCUT2D eigenvalue weighted by atomic mass is 10.2. The Kier molecular flexibility index (Phi) is 6.20. The summed E-state index contributed by atoms with van der Waals surface area (Å²) in [4.78, 5) is 4.94. The van der Waals surface area contributed by atoms with Crippen molar-refractivity contribution in [3.8, 4) is 5.75 Å². The molecule has 2 aromatic rings. The molecule has 1 saturated heterocycles. The zero-order valence-corrected chi connectivity index (χ0v) is 16.2. The maximum Gasteiger partial charge on any atom is 0.142 e. The van der Waals surface area contributed by atoms with E-state index in [0.29, 0.717) is 0 Å². The van der Waals surface area contributed by atoms with Crippen LogP contribution in [0, 0.1) is 3.57 Å². The third kappa shape index (κ3) is 4.33. The van der Waals surface area contributed by atoms with E-state index in [1.54, 1.807) is 7.11 Å². The van der Waals surface area contributed by atoms with Crippen LogP contribution in [0.15, 0.2) is 48.5 Å². The van der Waals surface area contributed by atoms with Crippen molar-refractivity contribution in [2.24, 2.45) is 0 Å². The molecule has 0 atom stereocenters. The quantitative estimate of drug-likeness (QED) is 0.700. The van der Waals surface area contributed by atoms with E-state index < -0.39 is 0 Å². The van der Waals surface area contributed by atoms with Crippen LogP contribution in [-0.4, -0.2) is 51.3 Å². The van der Waals surface area contributed by atoms with Crippen LogP contribution in [0.1, 0.15) is 0 Å². The molecule has 0 spiro atoms. The molecule has 5 heteroatoms. The van der Waals surface area contributed by atoms with E-state index in [1.807, 2.05) is 12.1 Å². The predicted octanol–water partition coefficient (Wildman–Crippen LogP) is 3.53. The van der Waals surface area contributed by atoms with Gasteiger partial charge in [-0.2, -0.15) is 0 Å². The monoisotopic (exact) mass is 437 g/mol.